The molecule has 0 radical (unpaired) electrons. The summed E-state index contributed by atoms with van der Waals surface area (Å²) in [7, 11) is 0. The smallest absolute Gasteiger partial charge is 0.222 e. The van der Waals surface area contributed by atoms with Crippen LogP contribution in [0.3, 0.4) is 0 Å². The molecule has 2 fully saturated rings. The van der Waals surface area contributed by atoms with E-state index in [1.54, 1.807) is 0 Å². The minimum Gasteiger partial charge on any atom is -0.378 e. The van der Waals surface area contributed by atoms with E-state index in [1.807, 2.05) is 0 Å². The molecule has 0 spiro atoms. The Kier molecular flexibility index (Phi) is 6.65. The highest BCUT2D eigenvalue weighted by Crippen LogP contribution is 2.17. The van der Waals surface area contributed by atoms with Crippen molar-refractivity contribution >= 4 is 5.91 Å². The van der Waals surface area contributed by atoms with Gasteiger partial charge in [0.1, 0.15) is 0 Å². The van der Waals surface area contributed by atoms with Gasteiger partial charge in [0.15, 0.2) is 0 Å². The molecule has 1 saturated heterocycles. The summed E-state index contributed by atoms with van der Waals surface area (Å²) in [6.07, 6.45) is 10.9. The lowest BCUT2D eigenvalue weighted by atomic mass is 10.1. The number of ether oxygens (including phenoxy) is 1. The van der Waals surface area contributed by atoms with Crippen LogP contribution in [0.15, 0.2) is 0 Å². The topological polar surface area (TPSA) is 50.4 Å². The number of hydrogen-bond donors (Lipinski definition) is 2. The van der Waals surface area contributed by atoms with Crippen molar-refractivity contribution in [2.24, 2.45) is 0 Å². The molecule has 0 aromatic heterocycles. The van der Waals surface area contributed by atoms with Gasteiger partial charge in [-0.1, -0.05) is 25.7 Å². The van der Waals surface area contributed by atoms with Crippen LogP contribution < -0.4 is 10.6 Å². The summed E-state index contributed by atoms with van der Waals surface area (Å²) in [5.74, 6) is 0.134. The lowest BCUT2D eigenvalue weighted by molar-refractivity contribution is -0.123. The Morgan fingerprint density at radius 2 is 1.79 bits per heavy atom. The molecule has 0 bridgehead atoms. The first-order chi connectivity index (χ1) is 9.34. The zero-order chi connectivity index (χ0) is 13.3. The van der Waals surface area contributed by atoms with Crippen molar-refractivity contribution < 1.29 is 9.53 Å². The maximum Gasteiger partial charge on any atom is 0.222 e. The molecule has 0 aromatic rings. The Balaban J connectivity index is 1.49. The van der Waals surface area contributed by atoms with Gasteiger partial charge in [-0.3, -0.25) is 4.79 Å². The van der Waals surface area contributed by atoms with Crippen LogP contribution in [0.4, 0.5) is 0 Å². The summed E-state index contributed by atoms with van der Waals surface area (Å²) in [4.78, 5) is 11.7. The molecular weight excluding hydrogens is 240 g/mol. The minimum atomic E-state index is 0.134. The number of amides is 1. The molecule has 4 heteroatoms. The summed E-state index contributed by atoms with van der Waals surface area (Å²) >= 11 is 0. The van der Waals surface area contributed by atoms with Crippen molar-refractivity contribution in [1.82, 2.24) is 10.6 Å². The third kappa shape index (κ3) is 5.91. The Labute approximate surface area is 116 Å². The Hall–Kier alpha value is -0.610. The zero-order valence-electron chi connectivity index (χ0n) is 12.0. The van der Waals surface area contributed by atoms with Crippen LogP contribution >= 0.6 is 0 Å². The fraction of sp³-hybridized carbons (Fsp3) is 0.933. The Bertz CT molecular complexity index is 257. The normalized spacial score (nSPS) is 25.2. The largest absolute Gasteiger partial charge is 0.378 e. The van der Waals surface area contributed by atoms with Crippen molar-refractivity contribution in [3.05, 3.63) is 0 Å². The SMILES string of the molecule is O=C(CC1CCCO1)NCCNC1CCCCCC1. The third-order valence-corrected chi connectivity index (χ3v) is 4.17. The lowest BCUT2D eigenvalue weighted by Crippen LogP contribution is -2.37. The molecule has 2 aliphatic rings. The summed E-state index contributed by atoms with van der Waals surface area (Å²) < 4.78 is 5.46. The van der Waals surface area contributed by atoms with Crippen molar-refractivity contribution in [2.45, 2.75) is 69.9 Å². The molecule has 1 heterocycles. The van der Waals surface area contributed by atoms with Gasteiger partial charge in [0, 0.05) is 25.7 Å². The number of nitrogens with one attached hydrogen (secondary N) is 2. The van der Waals surface area contributed by atoms with Crippen LogP contribution in [0, 0.1) is 0 Å². The van der Waals surface area contributed by atoms with E-state index in [0.29, 0.717) is 12.5 Å². The molecule has 0 aromatic carbocycles. The first kappa shape index (κ1) is 14.8. The highest BCUT2D eigenvalue weighted by molar-refractivity contribution is 5.76. The number of carbonyl (C=O) groups excluding carboxylic acids is 1. The van der Waals surface area contributed by atoms with Gasteiger partial charge in [0.25, 0.3) is 0 Å². The molecule has 1 atom stereocenters. The molecule has 110 valence electrons. The average molecular weight is 268 g/mol. The number of hydrogen-bond acceptors (Lipinski definition) is 3. The molecule has 2 rings (SSSR count). The fourth-order valence-corrected chi connectivity index (χ4v) is 3.05. The minimum absolute atomic E-state index is 0.134. The van der Waals surface area contributed by atoms with Crippen LogP contribution in [0.25, 0.3) is 0 Å². The molecule has 1 amide bonds. The molecule has 1 unspecified atom stereocenters. The van der Waals surface area contributed by atoms with Crippen molar-refractivity contribution in [2.75, 3.05) is 19.7 Å². The predicted molar refractivity (Wildman–Crippen MR) is 76.1 cm³/mol. The van der Waals surface area contributed by atoms with Gasteiger partial charge in [-0.25, -0.2) is 0 Å². The van der Waals surface area contributed by atoms with Crippen LogP contribution in [0.2, 0.25) is 0 Å². The quantitative estimate of drug-likeness (QED) is 0.572. The molecule has 1 aliphatic carbocycles. The molecule has 4 nitrogen and oxygen atoms in total. The van der Waals surface area contributed by atoms with Crippen LogP contribution in [0.5, 0.6) is 0 Å². The Morgan fingerprint density at radius 1 is 1.00 bits per heavy atom. The monoisotopic (exact) mass is 268 g/mol. The zero-order valence-corrected chi connectivity index (χ0v) is 12.0. The predicted octanol–water partition coefficient (Wildman–Crippen LogP) is 1.98. The molecule has 2 N–H and O–H groups in total. The summed E-state index contributed by atoms with van der Waals surface area (Å²) in [5, 5.41) is 6.55. The second-order valence-electron chi connectivity index (χ2n) is 5.83. The van der Waals surface area contributed by atoms with E-state index in [9.17, 15) is 4.79 Å². The van der Waals surface area contributed by atoms with Crippen LogP contribution in [-0.2, 0) is 9.53 Å². The summed E-state index contributed by atoms with van der Waals surface area (Å²) in [6.45, 7) is 2.45. The Morgan fingerprint density at radius 3 is 2.47 bits per heavy atom. The van der Waals surface area contributed by atoms with Crippen molar-refractivity contribution in [3.8, 4) is 0 Å². The van der Waals surface area contributed by atoms with Gasteiger partial charge >= 0.3 is 0 Å². The van der Waals surface area contributed by atoms with Gasteiger partial charge in [-0.05, 0) is 25.7 Å². The highest BCUT2D eigenvalue weighted by atomic mass is 16.5. The van der Waals surface area contributed by atoms with Gasteiger partial charge in [0.2, 0.25) is 5.91 Å². The summed E-state index contributed by atoms with van der Waals surface area (Å²) in [5.41, 5.74) is 0. The van der Waals surface area contributed by atoms with E-state index in [-0.39, 0.29) is 12.0 Å². The first-order valence-corrected chi connectivity index (χ1v) is 7.96. The van der Waals surface area contributed by atoms with Crippen LogP contribution in [0.1, 0.15) is 57.8 Å². The fourth-order valence-electron chi connectivity index (χ4n) is 3.05. The second-order valence-corrected chi connectivity index (χ2v) is 5.83. The van der Waals surface area contributed by atoms with Gasteiger partial charge in [-0.2, -0.15) is 0 Å². The molecule has 1 aliphatic heterocycles. The standard InChI is InChI=1S/C15H28N2O2/c18-15(12-14-8-5-11-19-14)17-10-9-16-13-6-3-1-2-4-7-13/h13-14,16H,1-12H2,(H,17,18). The van der Waals surface area contributed by atoms with E-state index in [1.165, 1.54) is 38.5 Å². The van der Waals surface area contributed by atoms with E-state index < -0.39 is 0 Å². The van der Waals surface area contributed by atoms with Gasteiger partial charge in [0.05, 0.1) is 12.5 Å². The highest BCUT2D eigenvalue weighted by Gasteiger charge is 2.18. The lowest BCUT2D eigenvalue weighted by Gasteiger charge is -2.16. The number of carbonyl (C=O) groups is 1. The summed E-state index contributed by atoms with van der Waals surface area (Å²) in [6, 6.07) is 0.664. The van der Waals surface area contributed by atoms with Gasteiger partial charge in [-0.15, -0.1) is 0 Å². The molecule has 19 heavy (non-hydrogen) atoms. The van der Waals surface area contributed by atoms with Crippen LogP contribution in [-0.4, -0.2) is 37.7 Å². The van der Waals surface area contributed by atoms with E-state index >= 15 is 0 Å². The number of rotatable bonds is 6. The van der Waals surface area contributed by atoms with E-state index in [4.69, 9.17) is 4.74 Å². The van der Waals surface area contributed by atoms with Crippen molar-refractivity contribution in [1.29, 1.82) is 0 Å². The maximum absolute atomic E-state index is 11.7. The second kappa shape index (κ2) is 8.54. The molecule has 1 saturated carbocycles. The first-order valence-electron chi connectivity index (χ1n) is 7.96. The van der Waals surface area contributed by atoms with Gasteiger partial charge < -0.3 is 15.4 Å². The third-order valence-electron chi connectivity index (χ3n) is 4.17. The van der Waals surface area contributed by atoms with E-state index in [0.717, 1.165) is 32.5 Å². The molecular formula is C15H28N2O2. The van der Waals surface area contributed by atoms with E-state index in [2.05, 4.69) is 10.6 Å². The maximum atomic E-state index is 11.7. The van der Waals surface area contributed by atoms with Crippen molar-refractivity contribution in [3.63, 3.8) is 0 Å². The average Bonchev–Trinajstić information content (AvgIpc) is 2.76.